The first-order valence-electron chi connectivity index (χ1n) is 7.54. The number of hydrogen-bond donors (Lipinski definition) is 2. The Morgan fingerprint density at radius 2 is 2.09 bits per heavy atom. The van der Waals surface area contributed by atoms with Crippen molar-refractivity contribution in [1.82, 2.24) is 20.4 Å². The van der Waals surface area contributed by atoms with Gasteiger partial charge < -0.3 is 10.6 Å². The Labute approximate surface area is 142 Å². The lowest BCUT2D eigenvalue weighted by atomic mass is 9.94. The van der Waals surface area contributed by atoms with Crippen molar-refractivity contribution in [1.29, 1.82) is 0 Å². The molecule has 1 heterocycles. The molecule has 5 nitrogen and oxygen atoms in total. The lowest BCUT2D eigenvalue weighted by molar-refractivity contribution is 0.227. The number of nitrogens with zero attached hydrogens (tertiary/aromatic N) is 2. The number of carbonyl (C=O) groups is 1. The second kappa shape index (κ2) is 6.62. The van der Waals surface area contributed by atoms with E-state index in [0.717, 1.165) is 16.8 Å². The molecule has 0 aliphatic rings. The van der Waals surface area contributed by atoms with E-state index in [1.807, 2.05) is 65.2 Å². The average molecular weight is 335 g/mol. The molecule has 2 amide bonds. The number of urea groups is 1. The molecule has 1 atom stereocenters. The molecule has 0 saturated heterocycles. The molecule has 124 valence electrons. The highest BCUT2D eigenvalue weighted by Gasteiger charge is 2.24. The van der Waals surface area contributed by atoms with Crippen molar-refractivity contribution in [3.63, 3.8) is 0 Å². The molecule has 2 aromatic rings. The molecule has 1 aromatic heterocycles. The van der Waals surface area contributed by atoms with Crippen molar-refractivity contribution in [3.8, 4) is 0 Å². The predicted octanol–water partition coefficient (Wildman–Crippen LogP) is 3.68. The monoisotopic (exact) mass is 334 g/mol. The molecule has 1 aromatic carbocycles. The average Bonchev–Trinajstić information content (AvgIpc) is 2.77. The molecule has 1 unspecified atom stereocenters. The number of carbonyl (C=O) groups excluding carboxylic acids is 1. The Morgan fingerprint density at radius 1 is 1.39 bits per heavy atom. The van der Waals surface area contributed by atoms with Crippen LogP contribution in [0.4, 0.5) is 4.79 Å². The van der Waals surface area contributed by atoms with E-state index in [1.54, 1.807) is 4.68 Å². The maximum atomic E-state index is 12.3. The van der Waals surface area contributed by atoms with Gasteiger partial charge in [-0.05, 0) is 45.4 Å². The number of aromatic nitrogens is 2. The normalized spacial score (nSPS) is 12.8. The third-order valence-corrected chi connectivity index (χ3v) is 4.07. The van der Waals surface area contributed by atoms with Gasteiger partial charge in [0.25, 0.3) is 0 Å². The summed E-state index contributed by atoms with van der Waals surface area (Å²) in [5.74, 6) is 0. The van der Waals surface area contributed by atoms with Gasteiger partial charge in [0.2, 0.25) is 0 Å². The van der Waals surface area contributed by atoms with E-state index < -0.39 is 5.54 Å². The van der Waals surface area contributed by atoms with E-state index in [-0.39, 0.29) is 12.1 Å². The maximum absolute atomic E-state index is 12.3. The van der Waals surface area contributed by atoms with Gasteiger partial charge in [-0.3, -0.25) is 4.68 Å². The summed E-state index contributed by atoms with van der Waals surface area (Å²) in [6.07, 6.45) is 1.92. The van der Waals surface area contributed by atoms with Gasteiger partial charge in [0.1, 0.15) is 0 Å². The van der Waals surface area contributed by atoms with Gasteiger partial charge in [-0.2, -0.15) is 5.10 Å². The number of nitrogens with one attached hydrogen (secondary N) is 2. The Balaban J connectivity index is 2.05. The van der Waals surface area contributed by atoms with E-state index in [4.69, 9.17) is 11.6 Å². The SMILES string of the molecule is Cc1nn(C)cc1C(C)NC(=O)NC(C)(C)c1cccc(Cl)c1. The Morgan fingerprint density at radius 3 is 2.65 bits per heavy atom. The molecule has 0 bridgehead atoms. The van der Waals surface area contributed by atoms with Crippen molar-refractivity contribution >= 4 is 17.6 Å². The van der Waals surface area contributed by atoms with Gasteiger partial charge in [0.15, 0.2) is 0 Å². The van der Waals surface area contributed by atoms with Crippen LogP contribution in [0.3, 0.4) is 0 Å². The molecule has 23 heavy (non-hydrogen) atoms. The molecular weight excluding hydrogens is 312 g/mol. The number of rotatable bonds is 4. The van der Waals surface area contributed by atoms with Crippen LogP contribution in [0.2, 0.25) is 5.02 Å². The van der Waals surface area contributed by atoms with Crippen LogP contribution >= 0.6 is 11.6 Å². The van der Waals surface area contributed by atoms with E-state index in [1.165, 1.54) is 0 Å². The second-order valence-electron chi connectivity index (χ2n) is 6.30. The van der Waals surface area contributed by atoms with E-state index >= 15 is 0 Å². The number of hydrogen-bond acceptors (Lipinski definition) is 2. The zero-order valence-corrected chi connectivity index (χ0v) is 14.9. The molecule has 0 spiro atoms. The second-order valence-corrected chi connectivity index (χ2v) is 6.74. The van der Waals surface area contributed by atoms with Gasteiger partial charge in [0, 0.05) is 23.8 Å². The number of halogens is 1. The van der Waals surface area contributed by atoms with Crippen LogP contribution in [-0.4, -0.2) is 15.8 Å². The molecule has 0 saturated carbocycles. The quantitative estimate of drug-likeness (QED) is 0.896. The van der Waals surface area contributed by atoms with Crippen LogP contribution in [0, 0.1) is 6.92 Å². The van der Waals surface area contributed by atoms with Gasteiger partial charge in [-0.25, -0.2) is 4.79 Å². The van der Waals surface area contributed by atoms with Crippen molar-refractivity contribution in [2.45, 2.75) is 39.3 Å². The molecule has 2 rings (SSSR count). The molecular formula is C17H23ClN4O. The van der Waals surface area contributed by atoms with Gasteiger partial charge in [0.05, 0.1) is 17.3 Å². The summed E-state index contributed by atoms with van der Waals surface area (Å²) in [5.41, 5.74) is 2.33. The predicted molar refractivity (Wildman–Crippen MR) is 92.5 cm³/mol. The lowest BCUT2D eigenvalue weighted by Gasteiger charge is -2.28. The van der Waals surface area contributed by atoms with Crippen molar-refractivity contribution < 1.29 is 4.79 Å². The summed E-state index contributed by atoms with van der Waals surface area (Å²) in [7, 11) is 1.87. The number of amides is 2. The molecule has 6 heteroatoms. The van der Waals surface area contributed by atoms with E-state index in [2.05, 4.69) is 15.7 Å². The molecule has 0 radical (unpaired) electrons. The van der Waals surface area contributed by atoms with E-state index in [0.29, 0.717) is 5.02 Å². The minimum absolute atomic E-state index is 0.126. The Kier molecular flexibility index (Phi) is 5.00. The maximum Gasteiger partial charge on any atom is 0.315 e. The smallest absolute Gasteiger partial charge is 0.315 e. The minimum atomic E-state index is -0.529. The van der Waals surface area contributed by atoms with Crippen LogP contribution in [-0.2, 0) is 12.6 Å². The van der Waals surface area contributed by atoms with Crippen LogP contribution in [0.1, 0.15) is 43.6 Å². The Bertz CT molecular complexity index is 708. The fourth-order valence-corrected chi connectivity index (χ4v) is 2.78. The molecule has 2 N–H and O–H groups in total. The lowest BCUT2D eigenvalue weighted by Crippen LogP contribution is -2.47. The van der Waals surface area contributed by atoms with Crippen LogP contribution in [0.15, 0.2) is 30.5 Å². The highest BCUT2D eigenvalue weighted by Crippen LogP contribution is 2.23. The fourth-order valence-electron chi connectivity index (χ4n) is 2.59. The third kappa shape index (κ3) is 4.26. The summed E-state index contributed by atoms with van der Waals surface area (Å²) in [6.45, 7) is 7.76. The summed E-state index contributed by atoms with van der Waals surface area (Å²) >= 11 is 6.03. The number of aryl methyl sites for hydroxylation is 2. The van der Waals surface area contributed by atoms with Crippen molar-refractivity contribution in [3.05, 3.63) is 52.3 Å². The van der Waals surface area contributed by atoms with Crippen molar-refractivity contribution in [2.75, 3.05) is 0 Å². The van der Waals surface area contributed by atoms with Crippen LogP contribution in [0.25, 0.3) is 0 Å². The third-order valence-electron chi connectivity index (χ3n) is 3.84. The summed E-state index contributed by atoms with van der Waals surface area (Å²) in [5, 5.41) is 10.9. The Hall–Kier alpha value is -2.01. The molecule has 0 aliphatic carbocycles. The van der Waals surface area contributed by atoms with Gasteiger partial charge >= 0.3 is 6.03 Å². The largest absolute Gasteiger partial charge is 0.331 e. The zero-order chi connectivity index (χ0) is 17.2. The fraction of sp³-hybridized carbons (Fsp3) is 0.412. The van der Waals surface area contributed by atoms with Gasteiger partial charge in [-0.1, -0.05) is 23.7 Å². The van der Waals surface area contributed by atoms with Gasteiger partial charge in [-0.15, -0.1) is 0 Å². The van der Waals surface area contributed by atoms with Crippen molar-refractivity contribution in [2.24, 2.45) is 7.05 Å². The van der Waals surface area contributed by atoms with E-state index in [9.17, 15) is 4.79 Å². The molecule has 0 fully saturated rings. The summed E-state index contributed by atoms with van der Waals surface area (Å²) in [4.78, 5) is 12.3. The van der Waals surface area contributed by atoms with Crippen LogP contribution in [0.5, 0.6) is 0 Å². The first-order chi connectivity index (χ1) is 10.7. The minimum Gasteiger partial charge on any atom is -0.331 e. The first-order valence-corrected chi connectivity index (χ1v) is 7.91. The number of benzene rings is 1. The summed E-state index contributed by atoms with van der Waals surface area (Å²) < 4.78 is 1.75. The topological polar surface area (TPSA) is 59.0 Å². The molecule has 0 aliphatic heterocycles. The standard InChI is InChI=1S/C17H23ClN4O/c1-11(15-10-22(5)21-12(15)2)19-16(23)20-17(3,4)13-7-6-8-14(18)9-13/h6-11H,1-5H3,(H2,19,20,23). The summed E-state index contributed by atoms with van der Waals surface area (Å²) in [6, 6.07) is 7.14. The zero-order valence-electron chi connectivity index (χ0n) is 14.1. The van der Waals surface area contributed by atoms with Crippen LogP contribution < -0.4 is 10.6 Å². The highest BCUT2D eigenvalue weighted by atomic mass is 35.5. The first kappa shape index (κ1) is 17.3. The highest BCUT2D eigenvalue weighted by molar-refractivity contribution is 6.30.